The van der Waals surface area contributed by atoms with Crippen molar-refractivity contribution in [1.29, 1.82) is 0 Å². The van der Waals surface area contributed by atoms with Crippen LogP contribution >= 0.6 is 0 Å². The highest BCUT2D eigenvalue weighted by molar-refractivity contribution is 5.31. The largest absolute Gasteiger partial charge is 0.372 e. The third-order valence-corrected chi connectivity index (χ3v) is 2.86. The Morgan fingerprint density at radius 3 is 2.57 bits per heavy atom. The standard InChI is InChI=1S/C13H17O/c1-3-10(2)12-6-4-11(5-7-12)8-13-9-14-13/h4-8,10,13H,3,9H2,1-2H3. The summed E-state index contributed by atoms with van der Waals surface area (Å²) in [4.78, 5) is 0. The molecule has 14 heavy (non-hydrogen) atoms. The van der Waals surface area contributed by atoms with Crippen LogP contribution in [0.5, 0.6) is 0 Å². The van der Waals surface area contributed by atoms with Gasteiger partial charge in [0.1, 0.15) is 0 Å². The average molecular weight is 189 g/mol. The van der Waals surface area contributed by atoms with Gasteiger partial charge in [-0.3, -0.25) is 0 Å². The topological polar surface area (TPSA) is 12.5 Å². The molecule has 0 bridgehead atoms. The fourth-order valence-electron chi connectivity index (χ4n) is 1.54. The van der Waals surface area contributed by atoms with E-state index in [0.29, 0.717) is 12.0 Å². The van der Waals surface area contributed by atoms with Crippen molar-refractivity contribution in [2.75, 3.05) is 6.61 Å². The van der Waals surface area contributed by atoms with E-state index in [4.69, 9.17) is 4.74 Å². The van der Waals surface area contributed by atoms with Gasteiger partial charge in [0.25, 0.3) is 0 Å². The fourth-order valence-corrected chi connectivity index (χ4v) is 1.54. The Morgan fingerprint density at radius 2 is 2.07 bits per heavy atom. The highest BCUT2D eigenvalue weighted by Crippen LogP contribution is 2.22. The summed E-state index contributed by atoms with van der Waals surface area (Å²) in [5.41, 5.74) is 2.71. The summed E-state index contributed by atoms with van der Waals surface area (Å²) in [6, 6.07) is 8.82. The molecular formula is C13H17O. The summed E-state index contributed by atoms with van der Waals surface area (Å²) in [7, 11) is 0. The Kier molecular flexibility index (Phi) is 2.87. The van der Waals surface area contributed by atoms with Crippen molar-refractivity contribution in [3.63, 3.8) is 0 Å². The molecular weight excluding hydrogens is 172 g/mol. The zero-order valence-corrected chi connectivity index (χ0v) is 8.86. The molecule has 2 atom stereocenters. The fraction of sp³-hybridized carbons (Fsp3) is 0.462. The summed E-state index contributed by atoms with van der Waals surface area (Å²) < 4.78 is 5.16. The second-order valence-corrected chi connectivity index (χ2v) is 4.01. The van der Waals surface area contributed by atoms with Crippen molar-refractivity contribution in [3.8, 4) is 0 Å². The lowest BCUT2D eigenvalue weighted by molar-refractivity contribution is 0.432. The van der Waals surface area contributed by atoms with Crippen molar-refractivity contribution in [2.45, 2.75) is 32.3 Å². The molecule has 0 spiro atoms. The summed E-state index contributed by atoms with van der Waals surface area (Å²) >= 11 is 0. The van der Waals surface area contributed by atoms with Crippen molar-refractivity contribution in [2.24, 2.45) is 0 Å². The van der Waals surface area contributed by atoms with Crippen LogP contribution in [0.25, 0.3) is 0 Å². The molecule has 0 aromatic heterocycles. The Labute approximate surface area is 86.1 Å². The Balaban J connectivity index is 2.01. The normalized spacial score (nSPS) is 22.0. The maximum absolute atomic E-state index is 5.16. The number of hydrogen-bond donors (Lipinski definition) is 0. The van der Waals surface area contributed by atoms with Crippen LogP contribution in [-0.2, 0) is 4.74 Å². The minimum atomic E-state index is 0.379. The summed E-state index contributed by atoms with van der Waals surface area (Å²) in [5, 5.41) is 0. The van der Waals surface area contributed by atoms with Crippen LogP contribution in [0, 0.1) is 6.42 Å². The SMILES string of the molecule is CCC(C)c1ccc([CH]C2CO2)cc1. The van der Waals surface area contributed by atoms with Gasteiger partial charge in [-0.1, -0.05) is 38.1 Å². The van der Waals surface area contributed by atoms with Gasteiger partial charge in [0, 0.05) is 6.42 Å². The number of benzene rings is 1. The maximum Gasteiger partial charge on any atom is 0.0885 e. The van der Waals surface area contributed by atoms with E-state index < -0.39 is 0 Å². The second kappa shape index (κ2) is 4.14. The summed E-state index contributed by atoms with van der Waals surface area (Å²) in [6.45, 7) is 5.39. The molecule has 1 aliphatic rings. The predicted molar refractivity (Wildman–Crippen MR) is 58.3 cm³/mol. The van der Waals surface area contributed by atoms with Crippen molar-refractivity contribution in [1.82, 2.24) is 0 Å². The lowest BCUT2D eigenvalue weighted by Crippen LogP contribution is -1.93. The van der Waals surface area contributed by atoms with Gasteiger partial charge in [-0.25, -0.2) is 0 Å². The van der Waals surface area contributed by atoms with E-state index in [1.54, 1.807) is 0 Å². The van der Waals surface area contributed by atoms with Crippen LogP contribution in [0.1, 0.15) is 37.3 Å². The van der Waals surface area contributed by atoms with Crippen molar-refractivity contribution < 1.29 is 4.74 Å². The first kappa shape index (κ1) is 9.72. The lowest BCUT2D eigenvalue weighted by atomic mass is 9.97. The monoisotopic (exact) mass is 189 g/mol. The van der Waals surface area contributed by atoms with E-state index in [2.05, 4.69) is 44.5 Å². The van der Waals surface area contributed by atoms with Gasteiger partial charge in [0.05, 0.1) is 12.7 Å². The van der Waals surface area contributed by atoms with Crippen molar-refractivity contribution in [3.05, 3.63) is 41.8 Å². The highest BCUT2D eigenvalue weighted by atomic mass is 16.6. The van der Waals surface area contributed by atoms with E-state index in [1.807, 2.05) is 0 Å². The second-order valence-electron chi connectivity index (χ2n) is 4.01. The predicted octanol–water partition coefficient (Wildman–Crippen LogP) is 3.15. The van der Waals surface area contributed by atoms with E-state index in [0.717, 1.165) is 6.61 Å². The molecule has 1 radical (unpaired) electrons. The quantitative estimate of drug-likeness (QED) is 0.663. The van der Waals surface area contributed by atoms with E-state index in [-0.39, 0.29) is 0 Å². The van der Waals surface area contributed by atoms with Crippen molar-refractivity contribution >= 4 is 0 Å². The van der Waals surface area contributed by atoms with Gasteiger partial charge in [0.2, 0.25) is 0 Å². The summed E-state index contributed by atoms with van der Waals surface area (Å²) in [5.74, 6) is 0.668. The molecule has 0 saturated carbocycles. The van der Waals surface area contributed by atoms with E-state index >= 15 is 0 Å². The van der Waals surface area contributed by atoms with Crippen LogP contribution in [0.2, 0.25) is 0 Å². The highest BCUT2D eigenvalue weighted by Gasteiger charge is 2.22. The van der Waals surface area contributed by atoms with Gasteiger partial charge in [0.15, 0.2) is 0 Å². The number of ether oxygens (including phenoxy) is 1. The van der Waals surface area contributed by atoms with Gasteiger partial charge in [-0.2, -0.15) is 0 Å². The molecule has 2 unspecified atom stereocenters. The Bertz CT molecular complexity index is 285. The summed E-state index contributed by atoms with van der Waals surface area (Å²) in [6.07, 6.45) is 3.76. The number of epoxide rings is 1. The molecule has 1 saturated heterocycles. The molecule has 1 aromatic rings. The van der Waals surface area contributed by atoms with Gasteiger partial charge < -0.3 is 4.74 Å². The molecule has 75 valence electrons. The number of rotatable bonds is 4. The smallest absolute Gasteiger partial charge is 0.0885 e. The Morgan fingerprint density at radius 1 is 1.43 bits per heavy atom. The van der Waals surface area contributed by atoms with Gasteiger partial charge in [-0.15, -0.1) is 0 Å². The van der Waals surface area contributed by atoms with Crippen LogP contribution in [0.3, 0.4) is 0 Å². The zero-order valence-electron chi connectivity index (χ0n) is 8.86. The Hall–Kier alpha value is -0.820. The minimum Gasteiger partial charge on any atom is -0.372 e. The van der Waals surface area contributed by atoms with E-state index in [9.17, 15) is 0 Å². The molecule has 1 aliphatic heterocycles. The average Bonchev–Trinajstić information content (AvgIpc) is 3.02. The van der Waals surface area contributed by atoms with Crippen LogP contribution in [-0.4, -0.2) is 12.7 Å². The first-order chi connectivity index (χ1) is 6.79. The first-order valence-corrected chi connectivity index (χ1v) is 5.36. The molecule has 0 amide bonds. The molecule has 2 rings (SSSR count). The third kappa shape index (κ3) is 2.36. The molecule has 1 nitrogen and oxygen atoms in total. The van der Waals surface area contributed by atoms with Gasteiger partial charge in [-0.05, 0) is 23.5 Å². The molecule has 0 N–H and O–H groups in total. The number of hydrogen-bond acceptors (Lipinski definition) is 1. The van der Waals surface area contributed by atoms with Crippen LogP contribution in [0.15, 0.2) is 24.3 Å². The third-order valence-electron chi connectivity index (χ3n) is 2.86. The molecule has 1 fully saturated rings. The maximum atomic E-state index is 5.16. The van der Waals surface area contributed by atoms with Crippen LogP contribution < -0.4 is 0 Å². The van der Waals surface area contributed by atoms with Crippen LogP contribution in [0.4, 0.5) is 0 Å². The zero-order chi connectivity index (χ0) is 9.97. The molecule has 1 heteroatoms. The molecule has 1 heterocycles. The molecule has 1 aromatic carbocycles. The minimum absolute atomic E-state index is 0.379. The lowest BCUT2D eigenvalue weighted by Gasteiger charge is -2.09. The first-order valence-electron chi connectivity index (χ1n) is 5.36. The van der Waals surface area contributed by atoms with Gasteiger partial charge >= 0.3 is 0 Å². The molecule has 0 aliphatic carbocycles. The van der Waals surface area contributed by atoms with E-state index in [1.165, 1.54) is 17.5 Å².